The van der Waals surface area contributed by atoms with E-state index in [9.17, 15) is 0 Å². The van der Waals surface area contributed by atoms with Crippen LogP contribution in [0.2, 0.25) is 0 Å². The fraction of sp³-hybridized carbons (Fsp3) is 0.250. The van der Waals surface area contributed by atoms with Gasteiger partial charge in [0.05, 0.1) is 0 Å². The minimum atomic E-state index is 0.721. The minimum absolute atomic E-state index is 0.721. The molecule has 0 bridgehead atoms. The summed E-state index contributed by atoms with van der Waals surface area (Å²) in [5.74, 6) is 0. The van der Waals surface area contributed by atoms with Crippen LogP contribution in [0.3, 0.4) is 0 Å². The number of hydrogen-bond acceptors (Lipinski definition) is 3. The Balaban J connectivity index is 2.08. The van der Waals surface area contributed by atoms with E-state index >= 15 is 0 Å². The molecule has 2 aliphatic rings. The second-order valence-electron chi connectivity index (χ2n) is 6.75. The first kappa shape index (κ1) is 18.8. The van der Waals surface area contributed by atoms with Gasteiger partial charge in [-0.15, -0.1) is 5.73 Å². The molecule has 0 amide bonds. The number of hydrogen-bond donors (Lipinski definition) is 0. The molecule has 3 rings (SSSR count). The zero-order chi connectivity index (χ0) is 19.2. The summed E-state index contributed by atoms with van der Waals surface area (Å²) in [4.78, 5) is 2.26. The first-order valence-corrected chi connectivity index (χ1v) is 9.41. The molecule has 0 radical (unpaired) electrons. The summed E-state index contributed by atoms with van der Waals surface area (Å²) in [5, 5.41) is 6.19. The third-order valence-electron chi connectivity index (χ3n) is 4.57. The lowest BCUT2D eigenvalue weighted by molar-refractivity contribution is 0.439. The molecule has 1 aliphatic heterocycles. The predicted octanol–water partition coefficient (Wildman–Crippen LogP) is 5.59. The summed E-state index contributed by atoms with van der Waals surface area (Å²) in [6, 6.07) is 10.4. The molecule has 1 aromatic rings. The predicted molar refractivity (Wildman–Crippen MR) is 116 cm³/mol. The Morgan fingerprint density at radius 2 is 2.04 bits per heavy atom. The van der Waals surface area contributed by atoms with Crippen LogP contribution in [-0.4, -0.2) is 25.3 Å². The topological polar surface area (TPSA) is 18.8 Å². The second kappa shape index (κ2) is 8.57. The molecule has 0 saturated heterocycles. The Kier molecular flexibility index (Phi) is 5.95. The molecular formula is C24H27N3. The van der Waals surface area contributed by atoms with Crippen molar-refractivity contribution < 1.29 is 0 Å². The van der Waals surface area contributed by atoms with Gasteiger partial charge in [0.15, 0.2) is 0 Å². The first-order valence-electron chi connectivity index (χ1n) is 9.41. The molecule has 27 heavy (non-hydrogen) atoms. The van der Waals surface area contributed by atoms with E-state index in [0.717, 1.165) is 41.8 Å². The first-order chi connectivity index (χ1) is 13.1. The van der Waals surface area contributed by atoms with Crippen LogP contribution in [0.4, 0.5) is 5.69 Å². The van der Waals surface area contributed by atoms with Gasteiger partial charge in [-0.1, -0.05) is 43.9 Å². The maximum absolute atomic E-state index is 4.48. The van der Waals surface area contributed by atoms with E-state index in [1.165, 1.54) is 11.3 Å². The SMILES string of the molecule is C=C1C2=C(C=C(CC)N1c1ccccc1)/C=C\CC=C=C2C/C=N\N(C)C. The van der Waals surface area contributed by atoms with Crippen molar-refractivity contribution in [1.29, 1.82) is 0 Å². The molecule has 3 heteroatoms. The number of anilines is 1. The molecule has 0 saturated carbocycles. The molecule has 0 fully saturated rings. The largest absolute Gasteiger partial charge is 0.314 e. The highest BCUT2D eigenvalue weighted by Gasteiger charge is 2.26. The number of para-hydroxylation sites is 1. The van der Waals surface area contributed by atoms with Crippen LogP contribution >= 0.6 is 0 Å². The Morgan fingerprint density at radius 3 is 2.74 bits per heavy atom. The van der Waals surface area contributed by atoms with Gasteiger partial charge in [0.1, 0.15) is 0 Å². The number of rotatable bonds is 5. The lowest BCUT2D eigenvalue weighted by atomic mass is 9.89. The summed E-state index contributed by atoms with van der Waals surface area (Å²) >= 11 is 0. The zero-order valence-corrected chi connectivity index (χ0v) is 16.4. The van der Waals surface area contributed by atoms with Crippen molar-refractivity contribution in [1.82, 2.24) is 5.01 Å². The van der Waals surface area contributed by atoms with Gasteiger partial charge in [0, 0.05) is 55.0 Å². The lowest BCUT2D eigenvalue weighted by Gasteiger charge is -2.35. The molecule has 0 aromatic heterocycles. The maximum atomic E-state index is 4.48. The van der Waals surface area contributed by atoms with Crippen molar-refractivity contribution in [2.45, 2.75) is 26.2 Å². The average Bonchev–Trinajstić information content (AvgIpc) is 2.64. The number of hydrazone groups is 1. The van der Waals surface area contributed by atoms with Crippen molar-refractivity contribution in [3.05, 3.63) is 95.1 Å². The van der Waals surface area contributed by atoms with Crippen LogP contribution in [0.25, 0.3) is 0 Å². The van der Waals surface area contributed by atoms with Gasteiger partial charge in [-0.05, 0) is 42.7 Å². The molecule has 138 valence electrons. The number of benzene rings is 1. The van der Waals surface area contributed by atoms with Crippen molar-refractivity contribution in [3.63, 3.8) is 0 Å². The van der Waals surface area contributed by atoms with Crippen molar-refractivity contribution in [2.75, 3.05) is 19.0 Å². The summed E-state index contributed by atoms with van der Waals surface area (Å²) in [6.07, 6.45) is 13.2. The van der Waals surface area contributed by atoms with Gasteiger partial charge in [0.25, 0.3) is 0 Å². The molecule has 1 aromatic carbocycles. The second-order valence-corrected chi connectivity index (χ2v) is 6.75. The van der Waals surface area contributed by atoms with Crippen LogP contribution in [0.5, 0.6) is 0 Å². The average molecular weight is 358 g/mol. The van der Waals surface area contributed by atoms with E-state index in [4.69, 9.17) is 0 Å². The quantitative estimate of drug-likeness (QED) is 0.389. The van der Waals surface area contributed by atoms with Crippen LogP contribution in [0.1, 0.15) is 26.2 Å². The van der Waals surface area contributed by atoms with Gasteiger partial charge in [-0.25, -0.2) is 0 Å². The molecule has 1 heterocycles. The monoisotopic (exact) mass is 357 g/mol. The molecule has 0 spiro atoms. The highest BCUT2D eigenvalue weighted by molar-refractivity contribution is 5.74. The van der Waals surface area contributed by atoms with Crippen molar-refractivity contribution in [2.24, 2.45) is 5.10 Å². The molecule has 3 nitrogen and oxygen atoms in total. The van der Waals surface area contributed by atoms with Gasteiger partial charge in [-0.2, -0.15) is 5.10 Å². The Labute approximate surface area is 162 Å². The standard InChI is InChI=1S/C24H27N3/c1-5-22-18-21-13-9-6-8-12-20(16-17-25-26(3)4)24(21)19(2)27(22)23-14-10-7-11-15-23/h7-11,13-15,17-18H,2,5-6,16H2,1,3-4H3/b13-9-,25-17-. The van der Waals surface area contributed by atoms with E-state index in [2.05, 4.69) is 77.8 Å². The fourth-order valence-corrected chi connectivity index (χ4v) is 3.38. The van der Waals surface area contributed by atoms with Gasteiger partial charge >= 0.3 is 0 Å². The Hall–Kier alpha value is -3.03. The van der Waals surface area contributed by atoms with E-state index in [1.807, 2.05) is 31.4 Å². The smallest absolute Gasteiger partial charge is 0.0474 e. The van der Waals surface area contributed by atoms with Crippen molar-refractivity contribution >= 4 is 11.9 Å². The zero-order valence-electron chi connectivity index (χ0n) is 16.4. The third-order valence-corrected chi connectivity index (χ3v) is 4.57. The van der Waals surface area contributed by atoms with E-state index < -0.39 is 0 Å². The molecule has 0 unspecified atom stereocenters. The van der Waals surface area contributed by atoms with Crippen molar-refractivity contribution in [3.8, 4) is 0 Å². The summed E-state index contributed by atoms with van der Waals surface area (Å²) in [6.45, 7) is 6.67. The summed E-state index contributed by atoms with van der Waals surface area (Å²) in [5.41, 5.74) is 10.3. The Bertz CT molecular complexity index is 889. The molecule has 0 N–H and O–H groups in total. The molecule has 0 atom stereocenters. The molecular weight excluding hydrogens is 330 g/mol. The number of allylic oxidation sites excluding steroid dienone is 6. The normalized spacial score (nSPS) is 18.0. The van der Waals surface area contributed by atoms with Crippen LogP contribution in [0, 0.1) is 0 Å². The van der Waals surface area contributed by atoms with Crippen LogP contribution in [-0.2, 0) is 0 Å². The van der Waals surface area contributed by atoms with E-state index in [1.54, 1.807) is 0 Å². The van der Waals surface area contributed by atoms with E-state index in [-0.39, 0.29) is 0 Å². The van der Waals surface area contributed by atoms with Crippen LogP contribution in [0.15, 0.2) is 100 Å². The fourth-order valence-electron chi connectivity index (χ4n) is 3.38. The minimum Gasteiger partial charge on any atom is -0.314 e. The highest BCUT2D eigenvalue weighted by Crippen LogP contribution is 2.39. The summed E-state index contributed by atoms with van der Waals surface area (Å²) < 4.78 is 0. The highest BCUT2D eigenvalue weighted by atomic mass is 15.4. The van der Waals surface area contributed by atoms with E-state index in [0.29, 0.717) is 0 Å². The van der Waals surface area contributed by atoms with Gasteiger partial charge in [0.2, 0.25) is 0 Å². The molecule has 1 aliphatic carbocycles. The van der Waals surface area contributed by atoms with Gasteiger partial charge < -0.3 is 9.91 Å². The number of nitrogens with zero attached hydrogens (tertiary/aromatic N) is 3. The third kappa shape index (κ3) is 4.21. The summed E-state index contributed by atoms with van der Waals surface area (Å²) in [7, 11) is 3.86. The lowest BCUT2D eigenvalue weighted by Crippen LogP contribution is -2.26. The van der Waals surface area contributed by atoms with Crippen LogP contribution < -0.4 is 4.90 Å². The van der Waals surface area contributed by atoms with Gasteiger partial charge in [-0.3, -0.25) is 0 Å². The maximum Gasteiger partial charge on any atom is 0.0474 e. The Morgan fingerprint density at radius 1 is 1.26 bits per heavy atom.